The van der Waals surface area contributed by atoms with Gasteiger partial charge in [-0.05, 0) is 19.9 Å². The van der Waals surface area contributed by atoms with E-state index in [-0.39, 0.29) is 12.1 Å². The molecular formula is C7H12N2O. The zero-order valence-electron chi connectivity index (χ0n) is 6.23. The lowest BCUT2D eigenvalue weighted by molar-refractivity contribution is 0.132. The van der Waals surface area contributed by atoms with Gasteiger partial charge in [0.2, 0.25) is 0 Å². The smallest absolute Gasteiger partial charge is 0.0747 e. The topological polar surface area (TPSA) is 38.0 Å². The molecule has 0 bridgehead atoms. The van der Waals surface area contributed by atoms with E-state index in [1.165, 1.54) is 0 Å². The van der Waals surface area contributed by atoms with Crippen LogP contribution in [-0.4, -0.2) is 21.0 Å². The van der Waals surface area contributed by atoms with Crippen molar-refractivity contribution in [3.63, 3.8) is 0 Å². The van der Waals surface area contributed by atoms with Crippen molar-refractivity contribution in [2.24, 2.45) is 0 Å². The fourth-order valence-electron chi connectivity index (χ4n) is 0.743. The van der Waals surface area contributed by atoms with Gasteiger partial charge in [-0.25, -0.2) is 0 Å². The lowest BCUT2D eigenvalue weighted by atomic mass is 10.2. The van der Waals surface area contributed by atoms with Gasteiger partial charge in [-0.1, -0.05) is 0 Å². The first-order valence-corrected chi connectivity index (χ1v) is 3.39. The molecule has 0 fully saturated rings. The summed E-state index contributed by atoms with van der Waals surface area (Å²) in [5.41, 5.74) is 0. The summed E-state index contributed by atoms with van der Waals surface area (Å²) in [7, 11) is 0. The molecule has 2 unspecified atom stereocenters. The quantitative estimate of drug-likeness (QED) is 0.660. The Morgan fingerprint density at radius 2 is 2.20 bits per heavy atom. The first-order valence-electron chi connectivity index (χ1n) is 3.39. The first kappa shape index (κ1) is 7.28. The molecule has 1 aromatic rings. The number of aliphatic hydroxyl groups is 1. The molecule has 2 atom stereocenters. The molecule has 0 saturated carbocycles. The van der Waals surface area contributed by atoms with Crippen molar-refractivity contribution in [3.8, 4) is 0 Å². The predicted molar refractivity (Wildman–Crippen MR) is 38.6 cm³/mol. The SMILES string of the molecule is CC(O)C(C)n1cccn1. The van der Waals surface area contributed by atoms with E-state index in [2.05, 4.69) is 5.10 Å². The predicted octanol–water partition coefficient (Wildman–Crippen LogP) is 0.825. The van der Waals surface area contributed by atoms with Crippen LogP contribution in [0.1, 0.15) is 19.9 Å². The fourth-order valence-corrected chi connectivity index (χ4v) is 0.743. The molecule has 0 aliphatic rings. The van der Waals surface area contributed by atoms with Crippen molar-refractivity contribution < 1.29 is 5.11 Å². The molecule has 0 aliphatic carbocycles. The third kappa shape index (κ3) is 1.36. The fraction of sp³-hybridized carbons (Fsp3) is 0.571. The van der Waals surface area contributed by atoms with Gasteiger partial charge in [-0.3, -0.25) is 4.68 Å². The van der Waals surface area contributed by atoms with Gasteiger partial charge in [0.05, 0.1) is 12.1 Å². The summed E-state index contributed by atoms with van der Waals surface area (Å²) in [6, 6.07) is 1.91. The molecule has 10 heavy (non-hydrogen) atoms. The standard InChI is InChI=1S/C7H12N2O/c1-6(7(2)10)9-5-3-4-8-9/h3-7,10H,1-2H3. The molecule has 1 rings (SSSR count). The zero-order chi connectivity index (χ0) is 7.56. The van der Waals surface area contributed by atoms with E-state index in [4.69, 9.17) is 5.11 Å². The minimum absolute atomic E-state index is 0.0648. The highest BCUT2D eigenvalue weighted by Gasteiger charge is 2.09. The van der Waals surface area contributed by atoms with Crippen molar-refractivity contribution in [2.75, 3.05) is 0 Å². The summed E-state index contributed by atoms with van der Waals surface area (Å²) in [5, 5.41) is 13.1. The van der Waals surface area contributed by atoms with Crippen LogP contribution in [0, 0.1) is 0 Å². The summed E-state index contributed by atoms with van der Waals surface area (Å²) in [6.07, 6.45) is 3.20. The molecule has 0 aliphatic heterocycles. The number of nitrogens with zero attached hydrogens (tertiary/aromatic N) is 2. The van der Waals surface area contributed by atoms with Gasteiger partial charge in [-0.2, -0.15) is 5.10 Å². The number of rotatable bonds is 2. The van der Waals surface area contributed by atoms with Gasteiger partial charge in [0.15, 0.2) is 0 Å². The van der Waals surface area contributed by atoms with Crippen molar-refractivity contribution in [3.05, 3.63) is 18.5 Å². The second kappa shape index (κ2) is 2.84. The van der Waals surface area contributed by atoms with Crippen LogP contribution in [0.4, 0.5) is 0 Å². The van der Waals surface area contributed by atoms with Crippen molar-refractivity contribution in [1.29, 1.82) is 0 Å². The van der Waals surface area contributed by atoms with Crippen molar-refractivity contribution >= 4 is 0 Å². The van der Waals surface area contributed by atoms with Gasteiger partial charge in [0, 0.05) is 12.4 Å². The zero-order valence-corrected chi connectivity index (χ0v) is 6.23. The largest absolute Gasteiger partial charge is 0.391 e. The van der Waals surface area contributed by atoms with Gasteiger partial charge < -0.3 is 5.11 Å². The summed E-state index contributed by atoms with van der Waals surface area (Å²) in [4.78, 5) is 0. The minimum Gasteiger partial charge on any atom is -0.391 e. The van der Waals surface area contributed by atoms with E-state index in [1.54, 1.807) is 17.8 Å². The molecule has 0 saturated heterocycles. The van der Waals surface area contributed by atoms with Crippen LogP contribution < -0.4 is 0 Å². The summed E-state index contributed by atoms with van der Waals surface area (Å²) in [5.74, 6) is 0. The molecule has 0 amide bonds. The molecule has 1 heterocycles. The van der Waals surface area contributed by atoms with Crippen LogP contribution in [0.25, 0.3) is 0 Å². The summed E-state index contributed by atoms with van der Waals surface area (Å²) in [6.45, 7) is 3.68. The average molecular weight is 140 g/mol. The summed E-state index contributed by atoms with van der Waals surface area (Å²) < 4.78 is 1.74. The van der Waals surface area contributed by atoms with E-state index in [0.717, 1.165) is 0 Å². The monoisotopic (exact) mass is 140 g/mol. The Hall–Kier alpha value is -0.830. The molecule has 0 radical (unpaired) electrons. The Labute approximate surface area is 60.3 Å². The molecular weight excluding hydrogens is 128 g/mol. The number of aromatic nitrogens is 2. The van der Waals surface area contributed by atoms with Crippen molar-refractivity contribution in [2.45, 2.75) is 26.0 Å². The van der Waals surface area contributed by atoms with E-state index in [1.807, 2.05) is 19.2 Å². The van der Waals surface area contributed by atoms with E-state index < -0.39 is 0 Å². The first-order chi connectivity index (χ1) is 4.72. The Balaban J connectivity index is 2.68. The Morgan fingerprint density at radius 1 is 1.50 bits per heavy atom. The molecule has 56 valence electrons. The maximum absolute atomic E-state index is 9.13. The molecule has 0 spiro atoms. The maximum Gasteiger partial charge on any atom is 0.0747 e. The Morgan fingerprint density at radius 3 is 2.60 bits per heavy atom. The molecule has 1 N–H and O–H groups in total. The molecule has 0 aromatic carbocycles. The van der Waals surface area contributed by atoms with Gasteiger partial charge in [0.25, 0.3) is 0 Å². The van der Waals surface area contributed by atoms with E-state index in [0.29, 0.717) is 0 Å². The van der Waals surface area contributed by atoms with Crippen LogP contribution in [0.15, 0.2) is 18.5 Å². The highest BCUT2D eigenvalue weighted by atomic mass is 16.3. The van der Waals surface area contributed by atoms with Crippen LogP contribution in [-0.2, 0) is 0 Å². The number of hydrogen-bond acceptors (Lipinski definition) is 2. The second-order valence-electron chi connectivity index (χ2n) is 2.47. The van der Waals surface area contributed by atoms with E-state index >= 15 is 0 Å². The Kier molecular flexibility index (Phi) is 2.06. The highest BCUT2D eigenvalue weighted by Crippen LogP contribution is 2.07. The second-order valence-corrected chi connectivity index (χ2v) is 2.47. The highest BCUT2D eigenvalue weighted by molar-refractivity contribution is 4.81. The van der Waals surface area contributed by atoms with Gasteiger partial charge in [-0.15, -0.1) is 0 Å². The molecule has 3 heteroatoms. The van der Waals surface area contributed by atoms with Gasteiger partial charge in [0.1, 0.15) is 0 Å². The average Bonchev–Trinajstić information content (AvgIpc) is 2.36. The summed E-state index contributed by atoms with van der Waals surface area (Å²) >= 11 is 0. The number of hydrogen-bond donors (Lipinski definition) is 1. The van der Waals surface area contributed by atoms with Crippen LogP contribution in [0.3, 0.4) is 0 Å². The third-order valence-electron chi connectivity index (χ3n) is 1.64. The van der Waals surface area contributed by atoms with Crippen LogP contribution in [0.2, 0.25) is 0 Å². The molecule has 3 nitrogen and oxygen atoms in total. The lowest BCUT2D eigenvalue weighted by Crippen LogP contribution is -2.18. The third-order valence-corrected chi connectivity index (χ3v) is 1.64. The minimum atomic E-state index is -0.347. The van der Waals surface area contributed by atoms with Crippen LogP contribution >= 0.6 is 0 Å². The number of aliphatic hydroxyl groups excluding tert-OH is 1. The van der Waals surface area contributed by atoms with Crippen LogP contribution in [0.5, 0.6) is 0 Å². The molecule has 1 aromatic heterocycles. The van der Waals surface area contributed by atoms with Gasteiger partial charge >= 0.3 is 0 Å². The van der Waals surface area contributed by atoms with Crippen molar-refractivity contribution in [1.82, 2.24) is 9.78 Å². The lowest BCUT2D eigenvalue weighted by Gasteiger charge is -2.14. The normalized spacial score (nSPS) is 16.7. The Bertz CT molecular complexity index is 181. The van der Waals surface area contributed by atoms with E-state index in [9.17, 15) is 0 Å². The maximum atomic E-state index is 9.13.